The molecule has 0 saturated carbocycles. The van der Waals surface area contributed by atoms with Crippen molar-refractivity contribution in [1.82, 2.24) is 10.2 Å². The summed E-state index contributed by atoms with van der Waals surface area (Å²) in [6.07, 6.45) is 0. The normalized spacial score (nSPS) is 10.7. The van der Waals surface area contributed by atoms with Gasteiger partial charge in [0.15, 0.2) is 11.6 Å². The van der Waals surface area contributed by atoms with E-state index >= 15 is 0 Å². The van der Waals surface area contributed by atoms with Crippen LogP contribution in [0.1, 0.15) is 16.2 Å². The molecule has 3 aromatic rings. The van der Waals surface area contributed by atoms with Crippen LogP contribution in [0.2, 0.25) is 0 Å². The molecule has 2 aromatic heterocycles. The minimum absolute atomic E-state index is 0.275. The Morgan fingerprint density at radius 1 is 1.33 bits per heavy atom. The molecule has 90 valence electrons. The van der Waals surface area contributed by atoms with Crippen LogP contribution in [0.3, 0.4) is 0 Å². The Kier molecular flexibility index (Phi) is 2.37. The number of hydrogen-bond acceptors (Lipinski definition) is 3. The highest BCUT2D eigenvalue weighted by molar-refractivity contribution is 6.04. The number of rotatable bonds is 2. The van der Waals surface area contributed by atoms with Gasteiger partial charge in [0.2, 0.25) is 0 Å². The quantitative estimate of drug-likeness (QED) is 0.724. The van der Waals surface area contributed by atoms with E-state index in [-0.39, 0.29) is 11.7 Å². The van der Waals surface area contributed by atoms with E-state index in [1.165, 1.54) is 0 Å². The number of nitrogens with one attached hydrogen (secondary N) is 2. The van der Waals surface area contributed by atoms with E-state index in [0.717, 1.165) is 11.1 Å². The Hall–Kier alpha value is -2.56. The lowest BCUT2D eigenvalue weighted by Gasteiger charge is -1.96. The van der Waals surface area contributed by atoms with Crippen molar-refractivity contribution < 1.29 is 9.21 Å². The fourth-order valence-electron chi connectivity index (χ4n) is 1.75. The molecule has 0 unspecified atom stereocenters. The summed E-state index contributed by atoms with van der Waals surface area (Å²) in [5, 5.41) is 10.3. The van der Waals surface area contributed by atoms with E-state index in [1.54, 1.807) is 12.1 Å². The Morgan fingerprint density at radius 2 is 2.17 bits per heavy atom. The van der Waals surface area contributed by atoms with Crippen LogP contribution >= 0.6 is 0 Å². The van der Waals surface area contributed by atoms with Gasteiger partial charge in [0.05, 0.1) is 0 Å². The van der Waals surface area contributed by atoms with Crippen molar-refractivity contribution in [2.75, 3.05) is 5.32 Å². The van der Waals surface area contributed by atoms with Crippen LogP contribution in [0.15, 0.2) is 40.8 Å². The van der Waals surface area contributed by atoms with E-state index in [2.05, 4.69) is 15.5 Å². The summed E-state index contributed by atoms with van der Waals surface area (Å²) in [4.78, 5) is 11.9. The zero-order chi connectivity index (χ0) is 12.5. The molecule has 3 rings (SSSR count). The van der Waals surface area contributed by atoms with Crippen molar-refractivity contribution in [3.05, 3.63) is 47.9 Å². The summed E-state index contributed by atoms with van der Waals surface area (Å²) >= 11 is 0. The highest BCUT2D eigenvalue weighted by Gasteiger charge is 2.13. The summed E-state index contributed by atoms with van der Waals surface area (Å²) in [6, 6.07) is 10.9. The molecule has 0 radical (unpaired) electrons. The predicted molar refractivity (Wildman–Crippen MR) is 67.5 cm³/mol. The number of aryl methyl sites for hydroxylation is 1. The van der Waals surface area contributed by atoms with Crippen LogP contribution in [0.25, 0.3) is 11.0 Å². The molecule has 2 heterocycles. The van der Waals surface area contributed by atoms with E-state index in [1.807, 2.05) is 31.2 Å². The van der Waals surface area contributed by atoms with Gasteiger partial charge in [-0.25, -0.2) is 0 Å². The number of carbonyl (C=O) groups excluding carboxylic acids is 1. The summed E-state index contributed by atoms with van der Waals surface area (Å²) in [6.45, 7) is 1.86. The average molecular weight is 241 g/mol. The average Bonchev–Trinajstić information content (AvgIpc) is 2.95. The zero-order valence-corrected chi connectivity index (χ0v) is 9.73. The van der Waals surface area contributed by atoms with Gasteiger partial charge in [-0.3, -0.25) is 9.89 Å². The molecule has 0 aliphatic rings. The van der Waals surface area contributed by atoms with Crippen molar-refractivity contribution in [3.8, 4) is 0 Å². The lowest BCUT2D eigenvalue weighted by atomic mass is 10.2. The maximum atomic E-state index is 11.9. The molecule has 0 bridgehead atoms. The fourth-order valence-corrected chi connectivity index (χ4v) is 1.75. The van der Waals surface area contributed by atoms with Crippen molar-refractivity contribution in [1.29, 1.82) is 0 Å². The number of benzene rings is 1. The third-order valence-corrected chi connectivity index (χ3v) is 2.60. The van der Waals surface area contributed by atoms with Gasteiger partial charge in [-0.2, -0.15) is 5.10 Å². The molecule has 0 aliphatic heterocycles. The number of furan rings is 1. The van der Waals surface area contributed by atoms with Crippen LogP contribution in [-0.2, 0) is 0 Å². The van der Waals surface area contributed by atoms with Crippen LogP contribution in [0.5, 0.6) is 0 Å². The van der Waals surface area contributed by atoms with Gasteiger partial charge in [-0.1, -0.05) is 18.2 Å². The number of H-pyrrole nitrogens is 1. The van der Waals surface area contributed by atoms with Gasteiger partial charge < -0.3 is 9.73 Å². The summed E-state index contributed by atoms with van der Waals surface area (Å²) in [7, 11) is 0. The molecule has 5 heteroatoms. The second-order valence-electron chi connectivity index (χ2n) is 4.04. The number of nitrogens with zero attached hydrogens (tertiary/aromatic N) is 1. The summed E-state index contributed by atoms with van der Waals surface area (Å²) in [5.74, 6) is 0.451. The summed E-state index contributed by atoms with van der Waals surface area (Å²) < 4.78 is 5.46. The number of amides is 1. The van der Waals surface area contributed by atoms with Crippen molar-refractivity contribution in [2.45, 2.75) is 6.92 Å². The molecule has 5 nitrogen and oxygen atoms in total. The highest BCUT2D eigenvalue weighted by atomic mass is 16.3. The molecule has 0 atom stereocenters. The third kappa shape index (κ3) is 1.86. The van der Waals surface area contributed by atoms with Crippen LogP contribution in [-0.4, -0.2) is 16.1 Å². The number of aromatic amines is 1. The lowest BCUT2D eigenvalue weighted by molar-refractivity contribution is 0.0998. The molecule has 0 aliphatic carbocycles. The molecule has 1 amide bonds. The molecule has 18 heavy (non-hydrogen) atoms. The van der Waals surface area contributed by atoms with Crippen molar-refractivity contribution in [3.63, 3.8) is 0 Å². The smallest absolute Gasteiger partial charge is 0.292 e. The minimum Gasteiger partial charge on any atom is -0.451 e. The second kappa shape index (κ2) is 4.03. The first kappa shape index (κ1) is 10.6. The van der Waals surface area contributed by atoms with E-state index < -0.39 is 0 Å². The van der Waals surface area contributed by atoms with Gasteiger partial charge in [0.25, 0.3) is 5.91 Å². The van der Waals surface area contributed by atoms with Crippen LogP contribution < -0.4 is 5.32 Å². The number of para-hydroxylation sites is 1. The Balaban J connectivity index is 1.87. The lowest BCUT2D eigenvalue weighted by Crippen LogP contribution is -2.10. The van der Waals surface area contributed by atoms with Gasteiger partial charge in [0, 0.05) is 17.1 Å². The maximum Gasteiger partial charge on any atom is 0.292 e. The second-order valence-corrected chi connectivity index (χ2v) is 4.04. The van der Waals surface area contributed by atoms with Gasteiger partial charge >= 0.3 is 0 Å². The SMILES string of the molecule is Cc1cc(NC(=O)c2cc3ccccc3o2)n[nH]1. The van der Waals surface area contributed by atoms with Crippen molar-refractivity contribution in [2.24, 2.45) is 0 Å². The minimum atomic E-state index is -0.308. The predicted octanol–water partition coefficient (Wildman–Crippen LogP) is 2.72. The maximum absolute atomic E-state index is 11.9. The zero-order valence-electron chi connectivity index (χ0n) is 9.73. The highest BCUT2D eigenvalue weighted by Crippen LogP contribution is 2.19. The standard InChI is InChI=1S/C13H11N3O2/c1-8-6-12(16-15-8)14-13(17)11-7-9-4-2-3-5-10(9)18-11/h2-7H,1H3,(H2,14,15,16,17). The number of hydrogen-bond donors (Lipinski definition) is 2. The first-order valence-electron chi connectivity index (χ1n) is 5.54. The summed E-state index contributed by atoms with van der Waals surface area (Å²) in [5.41, 5.74) is 1.58. The van der Waals surface area contributed by atoms with Gasteiger partial charge in [-0.05, 0) is 19.1 Å². The topological polar surface area (TPSA) is 70.9 Å². The molecule has 1 aromatic carbocycles. The number of aromatic nitrogens is 2. The molecule has 2 N–H and O–H groups in total. The first-order chi connectivity index (χ1) is 8.72. The Bertz CT molecular complexity index is 679. The fraction of sp³-hybridized carbons (Fsp3) is 0.0769. The number of carbonyl (C=O) groups is 1. The van der Waals surface area contributed by atoms with E-state index in [9.17, 15) is 4.79 Å². The van der Waals surface area contributed by atoms with Gasteiger partial charge in [-0.15, -0.1) is 0 Å². The molecule has 0 spiro atoms. The van der Waals surface area contributed by atoms with Crippen LogP contribution in [0.4, 0.5) is 5.82 Å². The molecular formula is C13H11N3O2. The Morgan fingerprint density at radius 3 is 2.89 bits per heavy atom. The molecule has 0 saturated heterocycles. The number of anilines is 1. The van der Waals surface area contributed by atoms with E-state index in [0.29, 0.717) is 11.4 Å². The Labute approximate surface area is 103 Å². The molecule has 0 fully saturated rings. The largest absolute Gasteiger partial charge is 0.451 e. The molecular weight excluding hydrogens is 230 g/mol. The van der Waals surface area contributed by atoms with Crippen LogP contribution in [0, 0.1) is 6.92 Å². The van der Waals surface area contributed by atoms with E-state index in [4.69, 9.17) is 4.42 Å². The number of fused-ring (bicyclic) bond motifs is 1. The first-order valence-corrected chi connectivity index (χ1v) is 5.54. The van der Waals surface area contributed by atoms with Gasteiger partial charge in [0.1, 0.15) is 5.58 Å². The van der Waals surface area contributed by atoms with Crippen molar-refractivity contribution >= 4 is 22.7 Å². The third-order valence-electron chi connectivity index (χ3n) is 2.60. The monoisotopic (exact) mass is 241 g/mol.